The van der Waals surface area contributed by atoms with Crippen molar-refractivity contribution >= 4 is 5.91 Å². The number of amides is 1. The Bertz CT molecular complexity index is 487. The molecule has 0 aromatic carbocycles. The van der Waals surface area contributed by atoms with E-state index in [2.05, 4.69) is 22.4 Å². The molecule has 0 radical (unpaired) electrons. The van der Waals surface area contributed by atoms with Gasteiger partial charge >= 0.3 is 0 Å². The molecular formula is C16H29N5O. The largest absolute Gasteiger partial charge is 0.344 e. The van der Waals surface area contributed by atoms with E-state index < -0.39 is 0 Å². The topological polar surface area (TPSA) is 53.4 Å². The van der Waals surface area contributed by atoms with E-state index in [1.807, 2.05) is 32.2 Å². The highest BCUT2D eigenvalue weighted by atomic mass is 16.2. The van der Waals surface area contributed by atoms with E-state index in [-0.39, 0.29) is 11.9 Å². The van der Waals surface area contributed by atoms with Gasteiger partial charge in [0.1, 0.15) is 6.04 Å². The molecule has 124 valence electrons. The second kappa shape index (κ2) is 7.74. The number of likely N-dealkylation sites (N-methyl/N-ethyl adjacent to an activating group) is 2. The van der Waals surface area contributed by atoms with Crippen molar-refractivity contribution in [3.8, 4) is 0 Å². The van der Waals surface area contributed by atoms with Crippen LogP contribution in [0, 0.1) is 0 Å². The number of likely N-dealkylation sites (tertiary alicyclic amines) is 1. The Morgan fingerprint density at radius 1 is 1.50 bits per heavy atom. The third kappa shape index (κ3) is 4.08. The zero-order valence-electron chi connectivity index (χ0n) is 14.2. The van der Waals surface area contributed by atoms with Crippen molar-refractivity contribution in [1.82, 2.24) is 24.9 Å². The zero-order chi connectivity index (χ0) is 16.1. The maximum Gasteiger partial charge on any atom is 0.244 e. The number of piperidine rings is 1. The van der Waals surface area contributed by atoms with Crippen molar-refractivity contribution in [2.75, 3.05) is 34.2 Å². The van der Waals surface area contributed by atoms with Crippen LogP contribution >= 0.6 is 0 Å². The number of aromatic nitrogens is 2. The lowest BCUT2D eigenvalue weighted by molar-refractivity contribution is -0.132. The summed E-state index contributed by atoms with van der Waals surface area (Å²) in [5, 5.41) is 7.26. The van der Waals surface area contributed by atoms with Gasteiger partial charge in [0.2, 0.25) is 5.91 Å². The zero-order valence-corrected chi connectivity index (χ0v) is 14.2. The highest BCUT2D eigenvalue weighted by Crippen LogP contribution is 2.19. The highest BCUT2D eigenvalue weighted by Gasteiger charge is 2.25. The van der Waals surface area contributed by atoms with Gasteiger partial charge in [-0.15, -0.1) is 0 Å². The van der Waals surface area contributed by atoms with E-state index in [0.717, 1.165) is 18.5 Å². The van der Waals surface area contributed by atoms with Crippen LogP contribution in [0.5, 0.6) is 0 Å². The molecule has 2 rings (SSSR count). The molecule has 2 atom stereocenters. The Balaban J connectivity index is 1.90. The van der Waals surface area contributed by atoms with E-state index in [1.165, 1.54) is 25.8 Å². The third-order valence-corrected chi connectivity index (χ3v) is 4.69. The van der Waals surface area contributed by atoms with E-state index in [9.17, 15) is 4.79 Å². The molecule has 0 bridgehead atoms. The van der Waals surface area contributed by atoms with Crippen LogP contribution in [-0.2, 0) is 11.8 Å². The Morgan fingerprint density at radius 3 is 2.86 bits per heavy atom. The van der Waals surface area contributed by atoms with Crippen LogP contribution in [0.15, 0.2) is 12.4 Å². The summed E-state index contributed by atoms with van der Waals surface area (Å²) in [5.41, 5.74) is 0.914. The number of aryl methyl sites for hydroxylation is 1. The average Bonchev–Trinajstić information content (AvgIpc) is 2.93. The first-order valence-electron chi connectivity index (χ1n) is 8.14. The SMILES string of the molecule is CNC(C(=O)N(C)CCC1CCCCN1C)c1cnn(C)c1. The van der Waals surface area contributed by atoms with Gasteiger partial charge in [0.05, 0.1) is 6.20 Å². The van der Waals surface area contributed by atoms with Crippen molar-refractivity contribution in [2.24, 2.45) is 7.05 Å². The van der Waals surface area contributed by atoms with Crippen LogP contribution < -0.4 is 5.32 Å². The molecule has 1 aromatic heterocycles. The van der Waals surface area contributed by atoms with Gasteiger partial charge in [-0.25, -0.2) is 0 Å². The van der Waals surface area contributed by atoms with Gasteiger partial charge in [0.15, 0.2) is 0 Å². The minimum absolute atomic E-state index is 0.106. The molecule has 1 aliphatic heterocycles. The predicted octanol–water partition coefficient (Wildman–Crippen LogP) is 1.01. The lowest BCUT2D eigenvalue weighted by Crippen LogP contribution is -2.42. The van der Waals surface area contributed by atoms with Crippen molar-refractivity contribution in [2.45, 2.75) is 37.8 Å². The number of carbonyl (C=O) groups is 1. The molecule has 1 saturated heterocycles. The van der Waals surface area contributed by atoms with E-state index in [0.29, 0.717) is 6.04 Å². The first-order valence-corrected chi connectivity index (χ1v) is 8.14. The van der Waals surface area contributed by atoms with Crippen molar-refractivity contribution < 1.29 is 4.79 Å². The number of rotatable bonds is 6. The molecule has 2 heterocycles. The van der Waals surface area contributed by atoms with Crippen molar-refractivity contribution in [3.05, 3.63) is 18.0 Å². The van der Waals surface area contributed by atoms with Gasteiger partial charge in [0.25, 0.3) is 0 Å². The standard InChI is InChI=1S/C16H29N5O/c1-17-15(13-11-18-21(4)12-13)16(22)20(3)10-8-14-7-5-6-9-19(14)2/h11-12,14-15,17H,5-10H2,1-4H3. The number of hydrogen-bond donors (Lipinski definition) is 1. The second-order valence-corrected chi connectivity index (χ2v) is 6.35. The Kier molecular flexibility index (Phi) is 5.97. The monoisotopic (exact) mass is 307 g/mol. The average molecular weight is 307 g/mol. The van der Waals surface area contributed by atoms with E-state index in [1.54, 1.807) is 10.9 Å². The summed E-state index contributed by atoms with van der Waals surface area (Å²) in [6, 6.07) is 0.290. The van der Waals surface area contributed by atoms with Crippen LogP contribution in [0.1, 0.15) is 37.3 Å². The van der Waals surface area contributed by atoms with E-state index in [4.69, 9.17) is 0 Å². The third-order valence-electron chi connectivity index (χ3n) is 4.69. The van der Waals surface area contributed by atoms with Crippen LogP contribution in [0.3, 0.4) is 0 Å². The quantitative estimate of drug-likeness (QED) is 0.852. The summed E-state index contributed by atoms with van der Waals surface area (Å²) in [7, 11) is 7.77. The fourth-order valence-corrected chi connectivity index (χ4v) is 3.20. The summed E-state index contributed by atoms with van der Waals surface area (Å²) in [6.45, 7) is 1.98. The summed E-state index contributed by atoms with van der Waals surface area (Å²) in [6.07, 6.45) is 8.54. The fraction of sp³-hybridized carbons (Fsp3) is 0.750. The molecule has 6 heteroatoms. The molecule has 1 fully saturated rings. The van der Waals surface area contributed by atoms with Crippen LogP contribution in [-0.4, -0.2) is 65.8 Å². The number of carbonyl (C=O) groups excluding carboxylic acids is 1. The number of hydrogen-bond acceptors (Lipinski definition) is 4. The lowest BCUT2D eigenvalue weighted by atomic mass is 10.00. The van der Waals surface area contributed by atoms with Gasteiger partial charge in [-0.05, 0) is 39.9 Å². The van der Waals surface area contributed by atoms with Crippen LogP contribution in [0.4, 0.5) is 0 Å². The molecule has 22 heavy (non-hydrogen) atoms. The molecule has 0 saturated carbocycles. The van der Waals surface area contributed by atoms with Crippen molar-refractivity contribution in [3.63, 3.8) is 0 Å². The molecule has 1 aromatic rings. The smallest absolute Gasteiger partial charge is 0.244 e. The highest BCUT2D eigenvalue weighted by molar-refractivity contribution is 5.82. The van der Waals surface area contributed by atoms with Gasteiger partial charge in [0, 0.05) is 38.4 Å². The summed E-state index contributed by atoms with van der Waals surface area (Å²) in [5.74, 6) is 0.106. The summed E-state index contributed by atoms with van der Waals surface area (Å²) < 4.78 is 1.73. The molecule has 1 amide bonds. The van der Waals surface area contributed by atoms with Crippen molar-refractivity contribution in [1.29, 1.82) is 0 Å². The van der Waals surface area contributed by atoms with E-state index >= 15 is 0 Å². The first kappa shape index (κ1) is 17.0. The molecular weight excluding hydrogens is 278 g/mol. The molecule has 0 spiro atoms. The molecule has 0 aliphatic carbocycles. The summed E-state index contributed by atoms with van der Waals surface area (Å²) in [4.78, 5) is 16.9. The Labute approximate surface area is 133 Å². The fourth-order valence-electron chi connectivity index (χ4n) is 3.20. The van der Waals surface area contributed by atoms with Crippen LogP contribution in [0.2, 0.25) is 0 Å². The van der Waals surface area contributed by atoms with Gasteiger partial charge in [-0.3, -0.25) is 9.48 Å². The predicted molar refractivity (Wildman–Crippen MR) is 87.5 cm³/mol. The minimum Gasteiger partial charge on any atom is -0.344 e. The normalized spacial score (nSPS) is 20.8. The van der Waals surface area contributed by atoms with Gasteiger partial charge in [-0.2, -0.15) is 5.10 Å². The number of nitrogens with one attached hydrogen (secondary N) is 1. The molecule has 1 N–H and O–H groups in total. The Hall–Kier alpha value is -1.40. The molecule has 1 aliphatic rings. The Morgan fingerprint density at radius 2 is 2.27 bits per heavy atom. The maximum atomic E-state index is 12.7. The minimum atomic E-state index is -0.317. The molecule has 2 unspecified atom stereocenters. The van der Waals surface area contributed by atoms with Gasteiger partial charge < -0.3 is 15.1 Å². The lowest BCUT2D eigenvalue weighted by Gasteiger charge is -2.34. The van der Waals surface area contributed by atoms with Gasteiger partial charge in [-0.1, -0.05) is 6.42 Å². The van der Waals surface area contributed by atoms with Crippen LogP contribution in [0.25, 0.3) is 0 Å². The second-order valence-electron chi connectivity index (χ2n) is 6.35. The number of nitrogens with zero attached hydrogens (tertiary/aromatic N) is 4. The maximum absolute atomic E-state index is 12.7. The molecule has 6 nitrogen and oxygen atoms in total. The first-order chi connectivity index (χ1) is 10.5. The summed E-state index contributed by atoms with van der Waals surface area (Å²) >= 11 is 0.